The number of amides is 1. The van der Waals surface area contributed by atoms with Crippen molar-refractivity contribution >= 4 is 17.5 Å². The van der Waals surface area contributed by atoms with Gasteiger partial charge in [0.1, 0.15) is 5.75 Å². The second kappa shape index (κ2) is 8.07. The molecule has 1 aliphatic rings. The SMILES string of the molecule is O=C(C[C@@H](c1cccc(O)c1)c1ccccc1Cl)NCc1n[nH]c2c1CCC2. The number of H-pyrrole nitrogens is 1. The van der Waals surface area contributed by atoms with Crippen LogP contribution < -0.4 is 5.32 Å². The Morgan fingerprint density at radius 3 is 2.89 bits per heavy atom. The molecule has 28 heavy (non-hydrogen) atoms. The number of phenolic OH excluding ortho intramolecular Hbond substituents is 1. The van der Waals surface area contributed by atoms with E-state index in [2.05, 4.69) is 15.5 Å². The third kappa shape index (κ3) is 3.90. The molecule has 0 spiro atoms. The summed E-state index contributed by atoms with van der Waals surface area (Å²) in [6, 6.07) is 14.5. The molecule has 144 valence electrons. The number of nitrogens with one attached hydrogen (secondary N) is 2. The number of carbonyl (C=O) groups excluding carboxylic acids is 1. The van der Waals surface area contributed by atoms with Crippen LogP contribution in [0.15, 0.2) is 48.5 Å². The quantitative estimate of drug-likeness (QED) is 0.588. The maximum atomic E-state index is 12.7. The van der Waals surface area contributed by atoms with Gasteiger partial charge in [0.15, 0.2) is 0 Å². The first kappa shape index (κ1) is 18.6. The maximum absolute atomic E-state index is 12.7. The minimum Gasteiger partial charge on any atom is -0.508 e. The largest absolute Gasteiger partial charge is 0.508 e. The summed E-state index contributed by atoms with van der Waals surface area (Å²) < 4.78 is 0. The van der Waals surface area contributed by atoms with Gasteiger partial charge in [0.25, 0.3) is 0 Å². The summed E-state index contributed by atoms with van der Waals surface area (Å²) in [5.41, 5.74) is 5.08. The van der Waals surface area contributed by atoms with Gasteiger partial charge in [0.2, 0.25) is 5.91 Å². The first-order valence-corrected chi connectivity index (χ1v) is 9.84. The Labute approximate surface area is 168 Å². The average Bonchev–Trinajstić information content (AvgIpc) is 3.29. The third-order valence-electron chi connectivity index (χ3n) is 5.29. The number of rotatable bonds is 6. The molecule has 5 nitrogen and oxygen atoms in total. The number of benzene rings is 2. The molecule has 3 N–H and O–H groups in total. The van der Waals surface area contributed by atoms with E-state index in [1.807, 2.05) is 30.3 Å². The number of hydrogen-bond donors (Lipinski definition) is 3. The Morgan fingerprint density at radius 1 is 1.21 bits per heavy atom. The van der Waals surface area contributed by atoms with Crippen molar-refractivity contribution in [1.82, 2.24) is 15.5 Å². The molecule has 6 heteroatoms. The van der Waals surface area contributed by atoms with Gasteiger partial charge in [-0.05, 0) is 54.2 Å². The lowest BCUT2D eigenvalue weighted by Crippen LogP contribution is -2.25. The highest BCUT2D eigenvalue weighted by Gasteiger charge is 2.22. The first-order chi connectivity index (χ1) is 13.6. The molecule has 0 bridgehead atoms. The minimum atomic E-state index is -0.245. The summed E-state index contributed by atoms with van der Waals surface area (Å²) in [5.74, 6) is -0.157. The van der Waals surface area contributed by atoms with Crippen LogP contribution in [-0.4, -0.2) is 21.2 Å². The fourth-order valence-electron chi connectivity index (χ4n) is 3.88. The Kier molecular flexibility index (Phi) is 5.35. The molecule has 4 rings (SSSR count). The summed E-state index contributed by atoms with van der Waals surface area (Å²) in [4.78, 5) is 12.7. The zero-order valence-corrected chi connectivity index (χ0v) is 16.2. The van der Waals surface area contributed by atoms with Gasteiger partial charge in [-0.3, -0.25) is 9.89 Å². The molecule has 0 aliphatic heterocycles. The van der Waals surface area contributed by atoms with E-state index < -0.39 is 0 Å². The number of hydrogen-bond acceptors (Lipinski definition) is 3. The smallest absolute Gasteiger partial charge is 0.221 e. The van der Waals surface area contributed by atoms with Crippen LogP contribution >= 0.6 is 11.6 Å². The Balaban J connectivity index is 1.52. The molecule has 1 aromatic heterocycles. The molecule has 1 amide bonds. The molecular weight excluding hydrogens is 374 g/mol. The van der Waals surface area contributed by atoms with Crippen molar-refractivity contribution in [2.45, 2.75) is 38.1 Å². The Hall–Kier alpha value is -2.79. The fourth-order valence-corrected chi connectivity index (χ4v) is 4.15. The van der Waals surface area contributed by atoms with Crippen molar-refractivity contribution < 1.29 is 9.90 Å². The van der Waals surface area contributed by atoms with Crippen molar-refractivity contribution in [3.63, 3.8) is 0 Å². The molecular formula is C22H22ClN3O2. The number of halogens is 1. The molecule has 0 radical (unpaired) electrons. The molecule has 2 aromatic carbocycles. The van der Waals surface area contributed by atoms with Crippen molar-refractivity contribution in [2.75, 3.05) is 0 Å². The average molecular weight is 396 g/mol. The third-order valence-corrected chi connectivity index (χ3v) is 5.63. The van der Waals surface area contributed by atoms with Gasteiger partial charge in [0, 0.05) is 23.1 Å². The van der Waals surface area contributed by atoms with Crippen LogP contribution in [-0.2, 0) is 24.2 Å². The van der Waals surface area contributed by atoms with E-state index in [0.29, 0.717) is 11.6 Å². The number of phenols is 1. The maximum Gasteiger partial charge on any atom is 0.221 e. The van der Waals surface area contributed by atoms with Crippen molar-refractivity contribution in [1.29, 1.82) is 0 Å². The molecule has 0 saturated carbocycles. The first-order valence-electron chi connectivity index (χ1n) is 9.47. The predicted octanol–water partition coefficient (Wildman–Crippen LogP) is 4.10. The van der Waals surface area contributed by atoms with Crippen LogP contribution in [0.4, 0.5) is 0 Å². The Morgan fingerprint density at radius 2 is 2.07 bits per heavy atom. The van der Waals surface area contributed by atoms with E-state index in [1.54, 1.807) is 18.2 Å². The topological polar surface area (TPSA) is 78.0 Å². The second-order valence-corrected chi connectivity index (χ2v) is 7.54. The molecule has 0 unspecified atom stereocenters. The van der Waals surface area contributed by atoms with E-state index in [4.69, 9.17) is 11.6 Å². The van der Waals surface area contributed by atoms with Gasteiger partial charge in [-0.1, -0.05) is 41.9 Å². The number of carbonyl (C=O) groups is 1. The van der Waals surface area contributed by atoms with E-state index >= 15 is 0 Å². The lowest BCUT2D eigenvalue weighted by molar-refractivity contribution is -0.121. The van der Waals surface area contributed by atoms with E-state index in [9.17, 15) is 9.90 Å². The second-order valence-electron chi connectivity index (χ2n) is 7.13. The summed E-state index contributed by atoms with van der Waals surface area (Å²) in [6.07, 6.45) is 3.42. The summed E-state index contributed by atoms with van der Waals surface area (Å²) >= 11 is 6.41. The zero-order valence-electron chi connectivity index (χ0n) is 15.4. The molecule has 0 saturated heterocycles. The van der Waals surface area contributed by atoms with Gasteiger partial charge in [-0.25, -0.2) is 0 Å². The number of fused-ring (bicyclic) bond motifs is 1. The molecule has 1 heterocycles. The molecule has 1 atom stereocenters. The zero-order chi connectivity index (χ0) is 19.5. The fraction of sp³-hybridized carbons (Fsp3) is 0.273. The summed E-state index contributed by atoms with van der Waals surface area (Å²) in [5, 5.41) is 20.9. The summed E-state index contributed by atoms with van der Waals surface area (Å²) in [7, 11) is 0. The van der Waals surface area contributed by atoms with Crippen molar-refractivity contribution in [3.8, 4) is 5.75 Å². The van der Waals surface area contributed by atoms with Gasteiger partial charge in [-0.15, -0.1) is 0 Å². The minimum absolute atomic E-state index is 0.0805. The lowest BCUT2D eigenvalue weighted by Gasteiger charge is -2.19. The van der Waals surface area contributed by atoms with Gasteiger partial charge in [0.05, 0.1) is 12.2 Å². The van der Waals surface area contributed by atoms with E-state index in [-0.39, 0.29) is 24.0 Å². The normalized spacial score (nSPS) is 13.9. The summed E-state index contributed by atoms with van der Waals surface area (Å²) in [6.45, 7) is 0.417. The van der Waals surface area contributed by atoms with Crippen LogP contribution in [0, 0.1) is 0 Å². The number of aromatic nitrogens is 2. The van der Waals surface area contributed by atoms with E-state index in [0.717, 1.165) is 36.1 Å². The van der Waals surface area contributed by atoms with Crippen molar-refractivity contribution in [3.05, 3.63) is 81.6 Å². The lowest BCUT2D eigenvalue weighted by atomic mass is 9.88. The van der Waals surface area contributed by atoms with Crippen molar-refractivity contribution in [2.24, 2.45) is 0 Å². The number of aromatic amines is 1. The highest BCUT2D eigenvalue weighted by molar-refractivity contribution is 6.31. The Bertz CT molecular complexity index is 999. The van der Waals surface area contributed by atoms with Crippen LogP contribution in [0.3, 0.4) is 0 Å². The molecule has 1 aliphatic carbocycles. The molecule has 0 fully saturated rings. The highest BCUT2D eigenvalue weighted by Crippen LogP contribution is 2.34. The molecule has 3 aromatic rings. The van der Waals surface area contributed by atoms with Gasteiger partial charge >= 0.3 is 0 Å². The number of aromatic hydroxyl groups is 1. The van der Waals surface area contributed by atoms with Crippen LogP contribution in [0.5, 0.6) is 5.75 Å². The van der Waals surface area contributed by atoms with E-state index in [1.165, 1.54) is 11.3 Å². The monoisotopic (exact) mass is 395 g/mol. The van der Waals surface area contributed by atoms with Crippen LogP contribution in [0.2, 0.25) is 5.02 Å². The van der Waals surface area contributed by atoms with Crippen LogP contribution in [0.1, 0.15) is 46.8 Å². The highest BCUT2D eigenvalue weighted by atomic mass is 35.5. The number of aryl methyl sites for hydroxylation is 1. The van der Waals surface area contributed by atoms with Gasteiger partial charge in [-0.2, -0.15) is 5.10 Å². The standard InChI is InChI=1S/C22H22ClN3O2/c23-19-9-2-1-7-16(19)18(14-5-3-6-15(27)11-14)12-22(28)24-13-21-17-8-4-10-20(17)25-26-21/h1-3,5-7,9,11,18,27H,4,8,10,12-13H2,(H,24,28)(H,25,26)/t18-/m0/s1. The van der Waals surface area contributed by atoms with Crippen LogP contribution in [0.25, 0.3) is 0 Å². The predicted molar refractivity (Wildman–Crippen MR) is 108 cm³/mol. The number of nitrogens with zero attached hydrogens (tertiary/aromatic N) is 1. The van der Waals surface area contributed by atoms with Gasteiger partial charge < -0.3 is 10.4 Å².